The number of benzene rings is 1. The lowest BCUT2D eigenvalue weighted by molar-refractivity contribution is 0.493. The van der Waals surface area contributed by atoms with Gasteiger partial charge in [-0.2, -0.15) is 4.31 Å². The molecule has 0 aliphatic rings. The first-order chi connectivity index (χ1) is 8.16. The molecule has 0 aliphatic carbocycles. The van der Waals surface area contributed by atoms with E-state index in [-0.39, 0.29) is 22.2 Å². The van der Waals surface area contributed by atoms with E-state index in [1.807, 2.05) is 0 Å². The normalized spacial score (nSPS) is 11.8. The predicted octanol–water partition coefficient (Wildman–Crippen LogP) is 2.77. The van der Waals surface area contributed by atoms with Crippen LogP contribution in [0.3, 0.4) is 0 Å². The van der Waals surface area contributed by atoms with Crippen molar-refractivity contribution in [1.29, 1.82) is 0 Å². The first-order valence-electron chi connectivity index (χ1n) is 5.01. The molecule has 2 N–H and O–H groups in total. The summed E-state index contributed by atoms with van der Waals surface area (Å²) < 4.78 is 25.7. The highest BCUT2D eigenvalue weighted by atomic mass is 35.5. The molecule has 1 aromatic rings. The first kappa shape index (κ1) is 15.3. The molecular formula is C11H14Cl2N2O2S. The molecule has 0 aliphatic heterocycles. The quantitative estimate of drug-likeness (QED) is 0.687. The molecule has 0 spiro atoms. The molecule has 1 aromatic carbocycles. The third-order valence-electron chi connectivity index (χ3n) is 2.20. The number of halogens is 2. The van der Waals surface area contributed by atoms with E-state index in [0.29, 0.717) is 10.6 Å². The van der Waals surface area contributed by atoms with Gasteiger partial charge in [-0.05, 0) is 19.1 Å². The van der Waals surface area contributed by atoms with Crippen LogP contribution in [0, 0.1) is 0 Å². The van der Waals surface area contributed by atoms with Crippen LogP contribution < -0.4 is 5.73 Å². The molecule has 0 atom stereocenters. The van der Waals surface area contributed by atoms with Crippen molar-refractivity contribution in [2.24, 2.45) is 0 Å². The predicted molar refractivity (Wildman–Crippen MR) is 75.5 cm³/mol. The van der Waals surface area contributed by atoms with Gasteiger partial charge < -0.3 is 5.73 Å². The zero-order chi connectivity index (χ0) is 14.1. The summed E-state index contributed by atoms with van der Waals surface area (Å²) in [5.74, 6) is 0. The van der Waals surface area contributed by atoms with Crippen LogP contribution in [-0.4, -0.2) is 26.3 Å². The molecule has 0 aromatic heterocycles. The average molecular weight is 309 g/mol. The average Bonchev–Trinajstić information content (AvgIpc) is 2.13. The summed E-state index contributed by atoms with van der Waals surface area (Å²) >= 11 is 11.7. The standard InChI is InChI=1S/C11H14Cl2N2O2S/c1-7(2)6-15(3)18(16,17)11-9(13)4-8(12)5-10(11)14/h4-5H,1,6,14H2,2-3H3. The number of rotatable bonds is 4. The minimum atomic E-state index is -3.76. The Hall–Kier alpha value is -0.750. The number of anilines is 1. The van der Waals surface area contributed by atoms with Gasteiger partial charge in [0.2, 0.25) is 10.0 Å². The van der Waals surface area contributed by atoms with Gasteiger partial charge in [0.1, 0.15) is 4.90 Å². The Morgan fingerprint density at radius 3 is 2.44 bits per heavy atom. The van der Waals surface area contributed by atoms with Gasteiger partial charge in [0.15, 0.2) is 0 Å². The maximum Gasteiger partial charge on any atom is 0.246 e. The number of nitrogens with two attached hydrogens (primary N) is 1. The summed E-state index contributed by atoms with van der Waals surface area (Å²) in [5.41, 5.74) is 6.42. The Labute approximate surface area is 117 Å². The van der Waals surface area contributed by atoms with Crippen LogP contribution in [0.5, 0.6) is 0 Å². The van der Waals surface area contributed by atoms with Crippen molar-refractivity contribution < 1.29 is 8.42 Å². The fourth-order valence-electron chi connectivity index (χ4n) is 1.47. The number of hydrogen-bond donors (Lipinski definition) is 1. The largest absolute Gasteiger partial charge is 0.398 e. The Bertz CT molecular complexity index is 562. The summed E-state index contributed by atoms with van der Waals surface area (Å²) in [4.78, 5) is -0.127. The smallest absolute Gasteiger partial charge is 0.246 e. The molecular weight excluding hydrogens is 295 g/mol. The van der Waals surface area contributed by atoms with Crippen molar-refractivity contribution >= 4 is 38.9 Å². The zero-order valence-electron chi connectivity index (χ0n) is 10.1. The Balaban J connectivity index is 3.33. The number of sulfonamides is 1. The zero-order valence-corrected chi connectivity index (χ0v) is 12.4. The SMILES string of the molecule is C=C(C)CN(C)S(=O)(=O)c1c(N)cc(Cl)cc1Cl. The number of nitrogen functional groups attached to an aromatic ring is 1. The first-order valence-corrected chi connectivity index (χ1v) is 7.21. The van der Waals surface area contributed by atoms with Gasteiger partial charge in [-0.3, -0.25) is 0 Å². The molecule has 0 amide bonds. The van der Waals surface area contributed by atoms with E-state index in [1.165, 1.54) is 19.2 Å². The second-order valence-electron chi connectivity index (χ2n) is 4.02. The lowest BCUT2D eigenvalue weighted by atomic mass is 10.3. The number of nitrogens with zero attached hydrogens (tertiary/aromatic N) is 1. The molecule has 0 saturated heterocycles. The third-order valence-corrected chi connectivity index (χ3v) is 4.75. The number of hydrogen-bond acceptors (Lipinski definition) is 3. The lowest BCUT2D eigenvalue weighted by Gasteiger charge is -2.19. The summed E-state index contributed by atoms with van der Waals surface area (Å²) in [6.45, 7) is 5.60. The molecule has 18 heavy (non-hydrogen) atoms. The van der Waals surface area contributed by atoms with Crippen molar-refractivity contribution in [2.45, 2.75) is 11.8 Å². The van der Waals surface area contributed by atoms with Crippen LogP contribution in [0.2, 0.25) is 10.0 Å². The van der Waals surface area contributed by atoms with E-state index in [4.69, 9.17) is 28.9 Å². The van der Waals surface area contributed by atoms with Crippen molar-refractivity contribution in [2.75, 3.05) is 19.3 Å². The van der Waals surface area contributed by atoms with Crippen LogP contribution in [0.1, 0.15) is 6.92 Å². The van der Waals surface area contributed by atoms with Crippen molar-refractivity contribution in [3.8, 4) is 0 Å². The molecule has 4 nitrogen and oxygen atoms in total. The van der Waals surface area contributed by atoms with Gasteiger partial charge in [-0.25, -0.2) is 8.42 Å². The topological polar surface area (TPSA) is 63.4 Å². The van der Waals surface area contributed by atoms with Gasteiger partial charge in [0.05, 0.1) is 10.7 Å². The van der Waals surface area contributed by atoms with Gasteiger partial charge >= 0.3 is 0 Å². The van der Waals surface area contributed by atoms with E-state index in [1.54, 1.807) is 6.92 Å². The van der Waals surface area contributed by atoms with Crippen LogP contribution in [0.25, 0.3) is 0 Å². The minimum absolute atomic E-state index is 0.00793. The fraction of sp³-hybridized carbons (Fsp3) is 0.273. The van der Waals surface area contributed by atoms with E-state index >= 15 is 0 Å². The van der Waals surface area contributed by atoms with E-state index in [9.17, 15) is 8.42 Å². The second-order valence-corrected chi connectivity index (χ2v) is 6.85. The van der Waals surface area contributed by atoms with E-state index in [0.717, 1.165) is 4.31 Å². The third kappa shape index (κ3) is 3.17. The molecule has 0 bridgehead atoms. The van der Waals surface area contributed by atoms with Crippen LogP contribution in [-0.2, 0) is 10.0 Å². The molecule has 7 heteroatoms. The Morgan fingerprint density at radius 1 is 1.44 bits per heavy atom. The molecule has 0 unspecified atom stereocenters. The Kier molecular flexibility index (Phi) is 4.66. The van der Waals surface area contributed by atoms with Crippen LogP contribution >= 0.6 is 23.2 Å². The fourth-order valence-corrected chi connectivity index (χ4v) is 3.64. The van der Waals surface area contributed by atoms with E-state index < -0.39 is 10.0 Å². The van der Waals surface area contributed by atoms with E-state index in [2.05, 4.69) is 6.58 Å². The van der Waals surface area contributed by atoms with Crippen molar-refractivity contribution in [3.63, 3.8) is 0 Å². The summed E-state index contributed by atoms with van der Waals surface area (Å²) in [6.07, 6.45) is 0. The summed E-state index contributed by atoms with van der Waals surface area (Å²) in [7, 11) is -2.32. The maximum atomic E-state index is 12.3. The monoisotopic (exact) mass is 308 g/mol. The van der Waals surface area contributed by atoms with Crippen LogP contribution in [0.4, 0.5) is 5.69 Å². The highest BCUT2D eigenvalue weighted by Gasteiger charge is 2.26. The molecule has 0 fully saturated rings. The molecule has 0 radical (unpaired) electrons. The highest BCUT2D eigenvalue weighted by Crippen LogP contribution is 2.32. The van der Waals surface area contributed by atoms with Crippen LogP contribution in [0.15, 0.2) is 29.2 Å². The van der Waals surface area contributed by atoms with Crippen molar-refractivity contribution in [1.82, 2.24) is 4.31 Å². The second kappa shape index (κ2) is 5.48. The minimum Gasteiger partial charge on any atom is -0.398 e. The van der Waals surface area contributed by atoms with Crippen molar-refractivity contribution in [3.05, 3.63) is 34.3 Å². The van der Waals surface area contributed by atoms with Gasteiger partial charge in [-0.15, -0.1) is 0 Å². The highest BCUT2D eigenvalue weighted by molar-refractivity contribution is 7.89. The molecule has 0 saturated carbocycles. The molecule has 100 valence electrons. The lowest BCUT2D eigenvalue weighted by Crippen LogP contribution is -2.29. The summed E-state index contributed by atoms with van der Waals surface area (Å²) in [5, 5.41) is 0.299. The molecule has 1 rings (SSSR count). The Morgan fingerprint density at radius 2 is 2.00 bits per heavy atom. The van der Waals surface area contributed by atoms with Gasteiger partial charge in [-0.1, -0.05) is 35.4 Å². The maximum absolute atomic E-state index is 12.3. The van der Waals surface area contributed by atoms with Gasteiger partial charge in [0.25, 0.3) is 0 Å². The van der Waals surface area contributed by atoms with Gasteiger partial charge in [0, 0.05) is 18.6 Å². The molecule has 0 heterocycles. The summed E-state index contributed by atoms with van der Waals surface area (Å²) in [6, 6.07) is 2.70. The number of likely N-dealkylation sites (N-methyl/N-ethyl adjacent to an activating group) is 1.